The topological polar surface area (TPSA) is 106 Å². The van der Waals surface area contributed by atoms with Crippen molar-refractivity contribution in [2.75, 3.05) is 19.0 Å². The van der Waals surface area contributed by atoms with Gasteiger partial charge in [0.05, 0.1) is 29.7 Å². The second-order valence-electron chi connectivity index (χ2n) is 7.73. The van der Waals surface area contributed by atoms with Gasteiger partial charge < -0.3 is 14.8 Å². The van der Waals surface area contributed by atoms with E-state index in [9.17, 15) is 14.9 Å². The zero-order chi connectivity index (χ0) is 26.2. The van der Waals surface area contributed by atoms with E-state index in [-0.39, 0.29) is 11.3 Å². The van der Waals surface area contributed by atoms with E-state index in [4.69, 9.17) is 26.2 Å². The van der Waals surface area contributed by atoms with E-state index < -0.39 is 18.5 Å². The fourth-order valence-electron chi connectivity index (χ4n) is 3.44. The molecule has 1 aromatic heterocycles. The molecule has 0 atom stereocenters. The Morgan fingerprint density at radius 2 is 1.86 bits per heavy atom. The number of nitrogens with zero attached hydrogens (tertiary/aromatic N) is 3. The average Bonchev–Trinajstić information content (AvgIpc) is 3.36. The predicted octanol–water partition coefficient (Wildman–Crippen LogP) is 5.27. The number of nitrogens with one attached hydrogen (secondary N) is 1. The highest BCUT2D eigenvalue weighted by atomic mass is 35.5. The third-order valence-electron chi connectivity index (χ3n) is 5.25. The van der Waals surface area contributed by atoms with E-state index in [0.717, 1.165) is 11.3 Å². The van der Waals surface area contributed by atoms with E-state index >= 15 is 0 Å². The second kappa shape index (κ2) is 11.7. The predicted molar refractivity (Wildman–Crippen MR) is 140 cm³/mol. The van der Waals surface area contributed by atoms with Gasteiger partial charge in [0.2, 0.25) is 0 Å². The Balaban J connectivity index is 1.48. The Morgan fingerprint density at radius 3 is 2.57 bits per heavy atom. The number of hydrogen-bond donors (Lipinski definition) is 1. The summed E-state index contributed by atoms with van der Waals surface area (Å²) in [6, 6.07) is 23.4. The first-order valence-electron chi connectivity index (χ1n) is 11.1. The van der Waals surface area contributed by atoms with Crippen LogP contribution in [0.15, 0.2) is 85.1 Å². The number of anilines is 1. The van der Waals surface area contributed by atoms with Crippen LogP contribution < -0.4 is 10.1 Å². The van der Waals surface area contributed by atoms with Gasteiger partial charge >= 0.3 is 5.97 Å². The highest BCUT2D eigenvalue weighted by molar-refractivity contribution is 6.31. The second-order valence-corrected chi connectivity index (χ2v) is 8.17. The lowest BCUT2D eigenvalue weighted by molar-refractivity contribution is -0.142. The van der Waals surface area contributed by atoms with E-state index in [1.807, 2.05) is 60.7 Å². The Hall–Kier alpha value is -4.87. The summed E-state index contributed by atoms with van der Waals surface area (Å²) in [5.74, 6) is -0.601. The van der Waals surface area contributed by atoms with Crippen LogP contribution in [0.25, 0.3) is 23.0 Å². The van der Waals surface area contributed by atoms with Gasteiger partial charge in [-0.15, -0.1) is 0 Å². The van der Waals surface area contributed by atoms with E-state index in [2.05, 4.69) is 5.32 Å². The Kier molecular flexibility index (Phi) is 7.98. The van der Waals surface area contributed by atoms with Crippen LogP contribution in [0.4, 0.5) is 5.69 Å². The lowest BCUT2D eigenvalue weighted by Crippen LogP contribution is -2.20. The molecule has 0 unspecified atom stereocenters. The molecular formula is C28H21ClN4O4. The quantitative estimate of drug-likeness (QED) is 0.255. The number of esters is 1. The molecule has 0 aliphatic carbocycles. The number of rotatable bonds is 8. The SMILES string of the molecule is COc1ccc(-c2nn(-c3ccccc3)cc2C=CC(=O)OCC(=O)Nc2cc(Cl)ccc2C#N)cc1. The fourth-order valence-corrected chi connectivity index (χ4v) is 3.61. The van der Waals surface area contributed by atoms with Crippen LogP contribution in [-0.4, -0.2) is 35.4 Å². The van der Waals surface area contributed by atoms with Gasteiger partial charge in [0.1, 0.15) is 11.8 Å². The third-order valence-corrected chi connectivity index (χ3v) is 5.48. The number of carbonyl (C=O) groups excluding carboxylic acids is 2. The minimum Gasteiger partial charge on any atom is -0.497 e. The third kappa shape index (κ3) is 6.42. The number of hydrogen-bond acceptors (Lipinski definition) is 6. The smallest absolute Gasteiger partial charge is 0.331 e. The van der Waals surface area contributed by atoms with Crippen molar-refractivity contribution in [3.8, 4) is 28.8 Å². The molecule has 4 aromatic rings. The van der Waals surface area contributed by atoms with E-state index in [0.29, 0.717) is 22.0 Å². The minimum absolute atomic E-state index is 0.240. The summed E-state index contributed by atoms with van der Waals surface area (Å²) in [5, 5.41) is 16.8. The van der Waals surface area contributed by atoms with E-state index in [1.54, 1.807) is 30.1 Å². The van der Waals surface area contributed by atoms with Crippen LogP contribution in [0.2, 0.25) is 5.02 Å². The number of amides is 1. The average molecular weight is 513 g/mol. The number of para-hydroxylation sites is 1. The zero-order valence-electron chi connectivity index (χ0n) is 19.7. The molecule has 37 heavy (non-hydrogen) atoms. The van der Waals surface area contributed by atoms with Crippen molar-refractivity contribution in [3.05, 3.63) is 101 Å². The van der Waals surface area contributed by atoms with Crippen LogP contribution >= 0.6 is 11.6 Å². The van der Waals surface area contributed by atoms with Crippen molar-refractivity contribution >= 4 is 35.2 Å². The van der Waals surface area contributed by atoms with Crippen LogP contribution in [0.1, 0.15) is 11.1 Å². The lowest BCUT2D eigenvalue weighted by Gasteiger charge is -2.07. The van der Waals surface area contributed by atoms with Gasteiger partial charge in [-0.25, -0.2) is 9.48 Å². The van der Waals surface area contributed by atoms with Crippen molar-refractivity contribution in [1.29, 1.82) is 5.26 Å². The maximum Gasteiger partial charge on any atom is 0.331 e. The van der Waals surface area contributed by atoms with Crippen molar-refractivity contribution in [1.82, 2.24) is 9.78 Å². The van der Waals surface area contributed by atoms with Crippen LogP contribution in [-0.2, 0) is 14.3 Å². The molecule has 4 rings (SSSR count). The molecule has 0 aliphatic heterocycles. The highest BCUT2D eigenvalue weighted by Crippen LogP contribution is 2.27. The summed E-state index contributed by atoms with van der Waals surface area (Å²) in [5.41, 5.74) is 3.49. The largest absolute Gasteiger partial charge is 0.497 e. The van der Waals surface area contributed by atoms with Crippen LogP contribution in [0.3, 0.4) is 0 Å². The first-order valence-corrected chi connectivity index (χ1v) is 11.5. The molecule has 1 N–H and O–H groups in total. The van der Waals surface area contributed by atoms with Gasteiger partial charge in [-0.2, -0.15) is 10.4 Å². The maximum absolute atomic E-state index is 12.4. The molecule has 0 fully saturated rings. The molecule has 184 valence electrons. The molecule has 0 saturated heterocycles. The van der Waals surface area contributed by atoms with Crippen molar-refractivity contribution < 1.29 is 19.1 Å². The first-order chi connectivity index (χ1) is 18.0. The molecule has 0 spiro atoms. The molecule has 3 aromatic carbocycles. The van der Waals surface area contributed by atoms with Gasteiger partial charge in [0.25, 0.3) is 5.91 Å². The molecule has 0 bridgehead atoms. The Bertz CT molecular complexity index is 1490. The van der Waals surface area contributed by atoms with Gasteiger partial charge in [0, 0.05) is 28.4 Å². The van der Waals surface area contributed by atoms with Gasteiger partial charge in [-0.1, -0.05) is 29.8 Å². The molecule has 1 heterocycles. The molecule has 0 saturated carbocycles. The van der Waals surface area contributed by atoms with Gasteiger partial charge in [0.15, 0.2) is 6.61 Å². The minimum atomic E-state index is -0.713. The number of ether oxygens (including phenoxy) is 2. The summed E-state index contributed by atoms with van der Waals surface area (Å²) in [6.45, 7) is -0.533. The molecular weight excluding hydrogens is 492 g/mol. The molecule has 1 amide bonds. The van der Waals surface area contributed by atoms with Crippen LogP contribution in [0, 0.1) is 11.3 Å². The van der Waals surface area contributed by atoms with Crippen molar-refractivity contribution in [2.24, 2.45) is 0 Å². The van der Waals surface area contributed by atoms with Crippen molar-refractivity contribution in [3.63, 3.8) is 0 Å². The number of methoxy groups -OCH3 is 1. The van der Waals surface area contributed by atoms with E-state index in [1.165, 1.54) is 18.2 Å². The van der Waals surface area contributed by atoms with Gasteiger partial charge in [-0.05, 0) is 60.7 Å². The zero-order valence-corrected chi connectivity index (χ0v) is 20.5. The van der Waals surface area contributed by atoms with Crippen LogP contribution in [0.5, 0.6) is 5.75 Å². The summed E-state index contributed by atoms with van der Waals surface area (Å²) in [6.07, 6.45) is 4.61. The normalized spacial score (nSPS) is 10.6. The number of halogens is 1. The lowest BCUT2D eigenvalue weighted by atomic mass is 10.1. The fraction of sp³-hybridized carbons (Fsp3) is 0.0714. The summed E-state index contributed by atoms with van der Waals surface area (Å²) in [4.78, 5) is 24.6. The van der Waals surface area contributed by atoms with Crippen molar-refractivity contribution in [2.45, 2.75) is 0 Å². The number of carbonyl (C=O) groups is 2. The Morgan fingerprint density at radius 1 is 1.11 bits per heavy atom. The highest BCUT2D eigenvalue weighted by Gasteiger charge is 2.13. The monoisotopic (exact) mass is 512 g/mol. The molecule has 0 radical (unpaired) electrons. The summed E-state index contributed by atoms with van der Waals surface area (Å²) >= 11 is 5.93. The first kappa shape index (κ1) is 25.2. The Labute approximate surface area is 218 Å². The maximum atomic E-state index is 12.4. The molecule has 0 aliphatic rings. The summed E-state index contributed by atoms with van der Waals surface area (Å²) < 4.78 is 12.0. The number of aromatic nitrogens is 2. The number of benzene rings is 3. The number of nitriles is 1. The molecule has 9 heteroatoms. The standard InChI is InChI=1S/C28H21ClN4O4/c1-36-24-12-8-19(9-13-24)28-21(17-33(32-28)23-5-3-2-4-6-23)10-14-27(35)37-18-26(34)31-25-15-22(29)11-7-20(25)16-30/h2-15,17H,18H2,1H3,(H,31,34). The van der Waals surface area contributed by atoms with Gasteiger partial charge in [-0.3, -0.25) is 4.79 Å². The summed E-state index contributed by atoms with van der Waals surface area (Å²) in [7, 11) is 1.59. The molecule has 8 nitrogen and oxygen atoms in total.